The summed E-state index contributed by atoms with van der Waals surface area (Å²) < 4.78 is 35.1. The SMILES string of the molecule is Cc1ccc(NS(=O)(=O)c2cc(C(=O)OCc3cc(=O)n4cc(C)ccc4n3)ccc2C)cc1. The smallest absolute Gasteiger partial charge is 0.338 e. The maximum Gasteiger partial charge on any atom is 0.338 e. The summed E-state index contributed by atoms with van der Waals surface area (Å²) >= 11 is 0. The molecule has 0 saturated heterocycles. The Bertz CT molecular complexity index is 1560. The van der Waals surface area contributed by atoms with Crippen molar-refractivity contribution in [3.8, 4) is 0 Å². The van der Waals surface area contributed by atoms with Crippen LogP contribution in [0.25, 0.3) is 5.65 Å². The summed E-state index contributed by atoms with van der Waals surface area (Å²) in [6.07, 6.45) is 1.68. The molecule has 34 heavy (non-hydrogen) atoms. The number of hydrogen-bond donors (Lipinski definition) is 1. The zero-order valence-corrected chi connectivity index (χ0v) is 19.7. The van der Waals surface area contributed by atoms with Crippen molar-refractivity contribution >= 4 is 27.3 Å². The number of anilines is 1. The molecule has 0 aliphatic carbocycles. The number of pyridine rings is 1. The van der Waals surface area contributed by atoms with Crippen molar-refractivity contribution in [2.75, 3.05) is 4.72 Å². The number of sulfonamides is 1. The lowest BCUT2D eigenvalue weighted by atomic mass is 10.1. The molecule has 0 aliphatic heterocycles. The van der Waals surface area contributed by atoms with Crippen molar-refractivity contribution in [1.29, 1.82) is 0 Å². The van der Waals surface area contributed by atoms with E-state index in [-0.39, 0.29) is 22.6 Å². The summed E-state index contributed by atoms with van der Waals surface area (Å²) in [6.45, 7) is 5.19. The number of hydrogen-bond acceptors (Lipinski definition) is 6. The minimum absolute atomic E-state index is 0.0278. The molecule has 8 nitrogen and oxygen atoms in total. The second kappa shape index (κ2) is 9.11. The van der Waals surface area contributed by atoms with Crippen LogP contribution in [0.2, 0.25) is 0 Å². The Morgan fingerprint density at radius 2 is 1.68 bits per heavy atom. The number of fused-ring (bicyclic) bond motifs is 1. The first-order valence-corrected chi connectivity index (χ1v) is 12.0. The molecule has 174 valence electrons. The van der Waals surface area contributed by atoms with Crippen molar-refractivity contribution < 1.29 is 17.9 Å². The molecule has 0 spiro atoms. The number of rotatable bonds is 6. The number of ether oxygens (including phenoxy) is 1. The predicted octanol–water partition coefficient (Wildman–Crippen LogP) is 3.78. The normalized spacial score (nSPS) is 11.4. The monoisotopic (exact) mass is 477 g/mol. The standard InChI is InChI=1S/C25H23N3O5S/c1-16-4-9-20(10-5-16)27-34(31,32)22-12-19(8-7-18(22)3)25(30)33-15-21-13-24(29)28-14-17(2)6-11-23(28)26-21/h4-14,27H,15H2,1-3H3. The van der Waals surface area contributed by atoms with Gasteiger partial charge in [-0.05, 0) is 62.2 Å². The van der Waals surface area contributed by atoms with Crippen LogP contribution >= 0.6 is 0 Å². The third kappa shape index (κ3) is 4.99. The zero-order chi connectivity index (χ0) is 24.5. The summed E-state index contributed by atoms with van der Waals surface area (Å²) in [5, 5.41) is 0. The van der Waals surface area contributed by atoms with E-state index in [0.29, 0.717) is 22.6 Å². The largest absolute Gasteiger partial charge is 0.456 e. The Morgan fingerprint density at radius 1 is 0.971 bits per heavy atom. The van der Waals surface area contributed by atoms with Gasteiger partial charge in [0.05, 0.1) is 16.2 Å². The fourth-order valence-corrected chi connectivity index (χ4v) is 4.73. The average Bonchev–Trinajstić information content (AvgIpc) is 2.79. The predicted molar refractivity (Wildman–Crippen MR) is 128 cm³/mol. The molecule has 2 aromatic heterocycles. The molecule has 1 N–H and O–H groups in total. The molecule has 0 atom stereocenters. The van der Waals surface area contributed by atoms with Gasteiger partial charge in [0.25, 0.3) is 15.6 Å². The van der Waals surface area contributed by atoms with Crippen molar-refractivity contribution in [1.82, 2.24) is 9.38 Å². The van der Waals surface area contributed by atoms with Crippen LogP contribution in [0.4, 0.5) is 5.69 Å². The minimum Gasteiger partial charge on any atom is -0.456 e. The first kappa shape index (κ1) is 23.2. The van der Waals surface area contributed by atoms with Crippen molar-refractivity contribution in [2.24, 2.45) is 0 Å². The topological polar surface area (TPSA) is 107 Å². The molecule has 0 saturated carbocycles. The summed E-state index contributed by atoms with van der Waals surface area (Å²) in [7, 11) is -3.93. The number of carbonyl (C=O) groups is 1. The summed E-state index contributed by atoms with van der Waals surface area (Å²) in [6, 6.07) is 16.1. The van der Waals surface area contributed by atoms with Crippen LogP contribution in [0, 0.1) is 20.8 Å². The lowest BCUT2D eigenvalue weighted by Crippen LogP contribution is -2.17. The molecule has 0 unspecified atom stereocenters. The summed E-state index contributed by atoms with van der Waals surface area (Å²) in [5.41, 5.74) is 3.34. The van der Waals surface area contributed by atoms with E-state index < -0.39 is 16.0 Å². The molecule has 0 amide bonds. The number of nitrogens with zero attached hydrogens (tertiary/aromatic N) is 2. The molecule has 0 aliphatic rings. The Labute approximate surface area is 196 Å². The Morgan fingerprint density at radius 3 is 2.41 bits per heavy atom. The fourth-order valence-electron chi connectivity index (χ4n) is 3.40. The molecule has 4 aromatic rings. The van der Waals surface area contributed by atoms with Gasteiger partial charge in [-0.25, -0.2) is 18.2 Å². The minimum atomic E-state index is -3.93. The van der Waals surface area contributed by atoms with Crippen molar-refractivity contribution in [2.45, 2.75) is 32.3 Å². The number of aromatic nitrogens is 2. The highest BCUT2D eigenvalue weighted by Crippen LogP contribution is 2.22. The number of carbonyl (C=O) groups excluding carboxylic acids is 1. The van der Waals surface area contributed by atoms with Gasteiger partial charge in [-0.15, -0.1) is 0 Å². The first-order valence-electron chi connectivity index (χ1n) is 10.5. The maximum absolute atomic E-state index is 12.9. The van der Waals surface area contributed by atoms with Gasteiger partial charge in [0, 0.05) is 18.0 Å². The first-order chi connectivity index (χ1) is 16.1. The third-order valence-electron chi connectivity index (χ3n) is 5.23. The molecular formula is C25H23N3O5S. The van der Waals surface area contributed by atoms with Crippen LogP contribution in [0.3, 0.4) is 0 Å². The Kier molecular flexibility index (Phi) is 6.21. The fraction of sp³-hybridized carbons (Fsp3) is 0.160. The third-order valence-corrected chi connectivity index (χ3v) is 6.75. The molecule has 2 aromatic carbocycles. The highest BCUT2D eigenvalue weighted by atomic mass is 32.2. The molecule has 0 bridgehead atoms. The zero-order valence-electron chi connectivity index (χ0n) is 18.9. The van der Waals surface area contributed by atoms with Crippen LogP contribution in [0.5, 0.6) is 0 Å². The van der Waals surface area contributed by atoms with E-state index in [9.17, 15) is 18.0 Å². The van der Waals surface area contributed by atoms with Crippen molar-refractivity contribution in [3.05, 3.63) is 105 Å². The Hall–Kier alpha value is -3.98. The quantitative estimate of drug-likeness (QED) is 0.424. The lowest BCUT2D eigenvalue weighted by Gasteiger charge is -2.12. The van der Waals surface area contributed by atoms with Crippen LogP contribution in [0.15, 0.2) is 76.6 Å². The molecule has 0 fully saturated rings. The number of aryl methyl sites for hydroxylation is 3. The molecule has 2 heterocycles. The van der Waals surface area contributed by atoms with Crippen molar-refractivity contribution in [3.63, 3.8) is 0 Å². The van der Waals surface area contributed by atoms with E-state index in [1.165, 1.54) is 22.6 Å². The number of benzene rings is 2. The second-order valence-corrected chi connectivity index (χ2v) is 9.70. The highest BCUT2D eigenvalue weighted by Gasteiger charge is 2.20. The summed E-state index contributed by atoms with van der Waals surface area (Å²) in [4.78, 5) is 29.3. The molecular weight excluding hydrogens is 454 g/mol. The second-order valence-electron chi connectivity index (χ2n) is 8.05. The molecule has 0 radical (unpaired) electrons. The molecule has 9 heteroatoms. The van der Waals surface area contributed by atoms with Gasteiger partial charge in [0.2, 0.25) is 0 Å². The van der Waals surface area contributed by atoms with E-state index in [1.54, 1.807) is 49.5 Å². The number of esters is 1. The van der Waals surface area contributed by atoms with Crippen LogP contribution < -0.4 is 10.3 Å². The van der Waals surface area contributed by atoms with E-state index in [2.05, 4.69) is 9.71 Å². The average molecular weight is 478 g/mol. The lowest BCUT2D eigenvalue weighted by molar-refractivity contribution is 0.0467. The maximum atomic E-state index is 12.9. The van der Waals surface area contributed by atoms with Gasteiger partial charge in [-0.1, -0.05) is 29.8 Å². The Balaban J connectivity index is 1.53. The van der Waals surface area contributed by atoms with Gasteiger partial charge >= 0.3 is 5.97 Å². The van der Waals surface area contributed by atoms with Crippen LogP contribution in [-0.2, 0) is 21.4 Å². The van der Waals surface area contributed by atoms with Gasteiger partial charge in [0.1, 0.15) is 12.3 Å². The van der Waals surface area contributed by atoms with Gasteiger partial charge in [-0.3, -0.25) is 13.9 Å². The van der Waals surface area contributed by atoms with Gasteiger partial charge in [0.15, 0.2) is 0 Å². The van der Waals surface area contributed by atoms with Gasteiger partial charge in [-0.2, -0.15) is 0 Å². The van der Waals surface area contributed by atoms with E-state index in [0.717, 1.165) is 11.1 Å². The van der Waals surface area contributed by atoms with Crippen LogP contribution in [-0.4, -0.2) is 23.8 Å². The van der Waals surface area contributed by atoms with Gasteiger partial charge < -0.3 is 4.74 Å². The highest BCUT2D eigenvalue weighted by molar-refractivity contribution is 7.92. The number of nitrogens with one attached hydrogen (secondary N) is 1. The van der Waals surface area contributed by atoms with E-state index in [4.69, 9.17) is 4.74 Å². The molecule has 4 rings (SSSR count). The van der Waals surface area contributed by atoms with Crippen LogP contribution in [0.1, 0.15) is 32.7 Å². The van der Waals surface area contributed by atoms with E-state index in [1.807, 2.05) is 19.9 Å². The summed E-state index contributed by atoms with van der Waals surface area (Å²) in [5.74, 6) is -0.724. The van der Waals surface area contributed by atoms with E-state index >= 15 is 0 Å².